The van der Waals surface area contributed by atoms with Gasteiger partial charge in [-0.2, -0.15) is 26.3 Å². The number of aliphatic carboxylic acids is 1. The van der Waals surface area contributed by atoms with Crippen molar-refractivity contribution in [3.05, 3.63) is 64.2 Å². The van der Waals surface area contributed by atoms with Crippen LogP contribution in [0.4, 0.5) is 32.0 Å². The molecule has 5 nitrogen and oxygen atoms in total. The number of rotatable bonds is 6. The van der Waals surface area contributed by atoms with Gasteiger partial charge in [-0.25, -0.2) is 4.79 Å². The highest BCUT2D eigenvalue weighted by Gasteiger charge is 2.37. The summed E-state index contributed by atoms with van der Waals surface area (Å²) in [7, 11) is 3.31. The van der Waals surface area contributed by atoms with Gasteiger partial charge in [0.1, 0.15) is 0 Å². The predicted octanol–water partition coefficient (Wildman–Crippen LogP) is 3.26. The Hall–Kier alpha value is -3.08. The lowest BCUT2D eigenvalue weighted by Gasteiger charge is -2.19. The average molecular weight is 449 g/mol. The molecule has 0 radical (unpaired) electrons. The van der Waals surface area contributed by atoms with Crippen molar-refractivity contribution in [2.75, 3.05) is 19.0 Å². The number of alkyl halides is 6. The van der Waals surface area contributed by atoms with Crippen LogP contribution in [0.25, 0.3) is 0 Å². The molecule has 1 unspecified atom stereocenters. The Morgan fingerprint density at radius 2 is 1.45 bits per heavy atom. The second-order valence-corrected chi connectivity index (χ2v) is 7.10. The minimum atomic E-state index is -5.08. The van der Waals surface area contributed by atoms with E-state index >= 15 is 0 Å². The summed E-state index contributed by atoms with van der Waals surface area (Å²) in [4.78, 5) is 25.5. The standard InChI is InChI=1S/C20H18F6N2O3/c1-28(2)16-4-3-10(5-11(16)8-15(27)18(30)31)17(29)12-6-13(19(21,22)23)9-14(7-12)20(24,25)26/h3-7,9,15H,8,27H2,1-2H3,(H,30,31)/p+1. The van der Waals surface area contributed by atoms with E-state index in [1.165, 1.54) is 18.2 Å². The van der Waals surface area contributed by atoms with Gasteiger partial charge in [-0.05, 0) is 42.0 Å². The molecule has 0 aromatic heterocycles. The SMILES string of the molecule is CN(C)c1ccc(C(=O)c2cc(C(F)(F)F)cc(C(F)(F)F)c2)cc1CC([NH3+])C(=O)O. The third kappa shape index (κ3) is 5.75. The first-order chi connectivity index (χ1) is 14.1. The van der Waals surface area contributed by atoms with Gasteiger partial charge in [-0.15, -0.1) is 0 Å². The summed E-state index contributed by atoms with van der Waals surface area (Å²) in [5.41, 5.74) is 0.233. The summed E-state index contributed by atoms with van der Waals surface area (Å²) in [6.45, 7) is 0. The molecule has 0 aliphatic heterocycles. The third-order valence-corrected chi connectivity index (χ3v) is 4.49. The second-order valence-electron chi connectivity index (χ2n) is 7.10. The summed E-state index contributed by atoms with van der Waals surface area (Å²) in [6, 6.07) is 3.54. The first-order valence-electron chi connectivity index (χ1n) is 8.81. The maximum atomic E-state index is 13.1. The Morgan fingerprint density at radius 3 is 1.87 bits per heavy atom. The van der Waals surface area contributed by atoms with Gasteiger partial charge in [0.25, 0.3) is 0 Å². The van der Waals surface area contributed by atoms with Crippen LogP contribution >= 0.6 is 0 Å². The van der Waals surface area contributed by atoms with E-state index in [4.69, 9.17) is 5.11 Å². The fourth-order valence-corrected chi connectivity index (χ4v) is 2.93. The van der Waals surface area contributed by atoms with Crippen molar-refractivity contribution < 1.29 is 46.8 Å². The fraction of sp³-hybridized carbons (Fsp3) is 0.300. The molecule has 2 aromatic carbocycles. The molecule has 31 heavy (non-hydrogen) atoms. The molecule has 0 aliphatic carbocycles. The molecule has 0 amide bonds. The van der Waals surface area contributed by atoms with Crippen molar-refractivity contribution in [2.24, 2.45) is 0 Å². The molecular weight excluding hydrogens is 430 g/mol. The third-order valence-electron chi connectivity index (χ3n) is 4.49. The largest absolute Gasteiger partial charge is 0.477 e. The first kappa shape index (κ1) is 24.2. The van der Waals surface area contributed by atoms with Crippen LogP contribution in [-0.2, 0) is 23.6 Å². The van der Waals surface area contributed by atoms with Crippen LogP contribution in [0.5, 0.6) is 0 Å². The molecule has 2 rings (SSSR count). The van der Waals surface area contributed by atoms with Gasteiger partial charge in [0, 0.05) is 37.3 Å². The van der Waals surface area contributed by atoms with Crippen molar-refractivity contribution in [3.8, 4) is 0 Å². The minimum Gasteiger partial charge on any atom is -0.477 e. The Labute approximate surface area is 173 Å². The normalized spacial score (nSPS) is 13.1. The number of carboxylic acids is 1. The van der Waals surface area contributed by atoms with E-state index in [1.807, 2.05) is 0 Å². The summed E-state index contributed by atoms with van der Waals surface area (Å²) in [5.74, 6) is -2.26. The lowest BCUT2D eigenvalue weighted by molar-refractivity contribution is -0.407. The van der Waals surface area contributed by atoms with Crippen LogP contribution in [-0.4, -0.2) is 37.0 Å². The van der Waals surface area contributed by atoms with Gasteiger partial charge >= 0.3 is 18.3 Å². The van der Waals surface area contributed by atoms with E-state index in [1.54, 1.807) is 19.0 Å². The Morgan fingerprint density at radius 1 is 0.935 bits per heavy atom. The summed E-state index contributed by atoms with van der Waals surface area (Å²) in [6.07, 6.45) is -10.3. The number of anilines is 1. The van der Waals surface area contributed by atoms with Gasteiger partial charge in [-0.1, -0.05) is 0 Å². The molecular formula is C20H19F6N2O3+. The molecule has 11 heteroatoms. The lowest BCUT2D eigenvalue weighted by Crippen LogP contribution is -2.66. The van der Waals surface area contributed by atoms with Crippen LogP contribution in [0.3, 0.4) is 0 Å². The second kappa shape index (κ2) is 8.58. The number of carbonyl (C=O) groups excluding carboxylic acids is 1. The first-order valence-corrected chi connectivity index (χ1v) is 8.81. The smallest absolute Gasteiger partial charge is 0.416 e. The molecule has 0 bridgehead atoms. The van der Waals surface area contributed by atoms with Crippen molar-refractivity contribution in [1.29, 1.82) is 0 Å². The number of benzene rings is 2. The number of nitrogens with zero attached hydrogens (tertiary/aromatic N) is 1. The summed E-state index contributed by atoms with van der Waals surface area (Å²) < 4.78 is 78.5. The van der Waals surface area contributed by atoms with Crippen molar-refractivity contribution >= 4 is 17.4 Å². The number of quaternary nitrogens is 1. The number of halogens is 6. The number of ketones is 1. The lowest BCUT2D eigenvalue weighted by atomic mass is 9.94. The highest BCUT2D eigenvalue weighted by atomic mass is 19.4. The predicted molar refractivity (Wildman–Crippen MR) is 98.7 cm³/mol. The van der Waals surface area contributed by atoms with E-state index < -0.39 is 46.8 Å². The van der Waals surface area contributed by atoms with Gasteiger partial charge < -0.3 is 15.7 Å². The van der Waals surface area contributed by atoms with Crippen molar-refractivity contribution in [2.45, 2.75) is 24.8 Å². The number of carboxylic acid groups (broad SMARTS) is 1. The van der Waals surface area contributed by atoms with E-state index in [2.05, 4.69) is 5.73 Å². The van der Waals surface area contributed by atoms with Crippen LogP contribution in [0, 0.1) is 0 Å². The van der Waals surface area contributed by atoms with E-state index in [0.29, 0.717) is 23.4 Å². The highest BCUT2D eigenvalue weighted by molar-refractivity contribution is 6.09. The zero-order chi connectivity index (χ0) is 23.7. The monoisotopic (exact) mass is 449 g/mol. The maximum absolute atomic E-state index is 13.1. The molecule has 168 valence electrons. The molecule has 0 heterocycles. The van der Waals surface area contributed by atoms with Crippen molar-refractivity contribution in [1.82, 2.24) is 0 Å². The van der Waals surface area contributed by atoms with Crippen LogP contribution in [0.15, 0.2) is 36.4 Å². The fourth-order valence-electron chi connectivity index (χ4n) is 2.93. The van der Waals surface area contributed by atoms with E-state index in [0.717, 1.165) is 0 Å². The number of carbonyl (C=O) groups is 2. The van der Waals surface area contributed by atoms with Gasteiger partial charge in [0.05, 0.1) is 11.1 Å². The van der Waals surface area contributed by atoms with Gasteiger partial charge in [0.15, 0.2) is 11.8 Å². The highest BCUT2D eigenvalue weighted by Crippen LogP contribution is 2.37. The topological polar surface area (TPSA) is 85.3 Å². The summed E-state index contributed by atoms with van der Waals surface area (Å²) in [5, 5.41) is 9.09. The zero-order valence-corrected chi connectivity index (χ0v) is 16.4. The number of hydrogen-bond acceptors (Lipinski definition) is 3. The molecule has 0 fully saturated rings. The maximum Gasteiger partial charge on any atom is 0.416 e. The molecule has 0 aliphatic rings. The molecule has 0 spiro atoms. The van der Waals surface area contributed by atoms with Gasteiger partial charge in [-0.3, -0.25) is 4.79 Å². The quantitative estimate of drug-likeness (QED) is 0.524. The van der Waals surface area contributed by atoms with Gasteiger partial charge in [0.2, 0.25) is 0 Å². The average Bonchev–Trinajstić information content (AvgIpc) is 2.65. The van der Waals surface area contributed by atoms with Crippen LogP contribution < -0.4 is 10.6 Å². The molecule has 2 aromatic rings. The molecule has 0 saturated heterocycles. The van der Waals surface area contributed by atoms with Crippen molar-refractivity contribution in [3.63, 3.8) is 0 Å². The number of hydrogen-bond donors (Lipinski definition) is 2. The zero-order valence-electron chi connectivity index (χ0n) is 16.4. The minimum absolute atomic E-state index is 0.0580. The Bertz CT molecular complexity index is 967. The molecule has 0 saturated carbocycles. The molecule has 1 atom stereocenters. The van der Waals surface area contributed by atoms with Crippen LogP contribution in [0.1, 0.15) is 32.6 Å². The van der Waals surface area contributed by atoms with E-state index in [-0.39, 0.29) is 18.1 Å². The van der Waals surface area contributed by atoms with E-state index in [9.17, 15) is 35.9 Å². The molecule has 4 N–H and O–H groups in total. The Kier molecular flexibility index (Phi) is 6.69. The Balaban J connectivity index is 2.59. The summed E-state index contributed by atoms with van der Waals surface area (Å²) >= 11 is 0. The van der Waals surface area contributed by atoms with Crippen LogP contribution in [0.2, 0.25) is 0 Å².